The summed E-state index contributed by atoms with van der Waals surface area (Å²) in [4.78, 5) is 16.9. The van der Waals surface area contributed by atoms with Gasteiger partial charge in [-0.05, 0) is 47.5 Å². The van der Waals surface area contributed by atoms with Crippen molar-refractivity contribution in [3.63, 3.8) is 0 Å². The number of anilines is 1. The van der Waals surface area contributed by atoms with Gasteiger partial charge in [-0.3, -0.25) is 4.79 Å². The Morgan fingerprint density at radius 1 is 1.06 bits per heavy atom. The van der Waals surface area contributed by atoms with Gasteiger partial charge in [0.15, 0.2) is 11.6 Å². The van der Waals surface area contributed by atoms with Crippen molar-refractivity contribution in [1.82, 2.24) is 14.6 Å². The zero-order valence-electron chi connectivity index (χ0n) is 16.5. The van der Waals surface area contributed by atoms with Crippen molar-refractivity contribution in [3.05, 3.63) is 96.2 Å². The minimum absolute atomic E-state index is 0.00404. The number of aryl methyl sites for hydroxylation is 1. The van der Waals surface area contributed by atoms with E-state index in [1.54, 1.807) is 22.8 Å². The number of benzene rings is 3. The van der Waals surface area contributed by atoms with Gasteiger partial charge in [0.1, 0.15) is 11.8 Å². The molecule has 3 aromatic carbocycles. The summed E-state index contributed by atoms with van der Waals surface area (Å²) < 4.78 is 22.1. The average Bonchev–Trinajstić information content (AvgIpc) is 3.17. The molecule has 0 fully saturated rings. The molecule has 2 heterocycles. The van der Waals surface area contributed by atoms with E-state index in [9.17, 15) is 9.18 Å². The van der Waals surface area contributed by atoms with Crippen LogP contribution in [0.25, 0.3) is 16.3 Å². The molecule has 0 saturated heterocycles. The van der Waals surface area contributed by atoms with Gasteiger partial charge in [0.2, 0.25) is 5.88 Å². The van der Waals surface area contributed by atoms with E-state index >= 15 is 0 Å². The van der Waals surface area contributed by atoms with Gasteiger partial charge < -0.3 is 10.1 Å². The number of hydrogen-bond acceptors (Lipinski definition) is 4. The SMILES string of the molecule is Cc1ccn2ncnc(Oc3ccc(NC(=O)c4cccc5ccccc45)cc3F)c12. The van der Waals surface area contributed by atoms with Crippen LogP contribution in [0.3, 0.4) is 0 Å². The molecule has 0 aliphatic heterocycles. The molecule has 0 radical (unpaired) electrons. The molecule has 5 aromatic rings. The lowest BCUT2D eigenvalue weighted by Crippen LogP contribution is -2.12. The van der Waals surface area contributed by atoms with Crippen molar-refractivity contribution in [3.8, 4) is 11.6 Å². The third-order valence-corrected chi connectivity index (χ3v) is 5.05. The maximum atomic E-state index is 14.7. The molecule has 5 rings (SSSR count). The molecule has 152 valence electrons. The van der Waals surface area contributed by atoms with Crippen LogP contribution in [-0.4, -0.2) is 20.5 Å². The predicted octanol–water partition coefficient (Wildman–Crippen LogP) is 5.37. The molecule has 0 bridgehead atoms. The molecule has 0 aliphatic rings. The highest BCUT2D eigenvalue weighted by atomic mass is 19.1. The molecule has 31 heavy (non-hydrogen) atoms. The van der Waals surface area contributed by atoms with Gasteiger partial charge in [0, 0.05) is 23.5 Å². The Kier molecular flexibility index (Phi) is 4.55. The smallest absolute Gasteiger partial charge is 0.256 e. The molecule has 2 aromatic heterocycles. The van der Waals surface area contributed by atoms with Gasteiger partial charge >= 0.3 is 0 Å². The van der Waals surface area contributed by atoms with Gasteiger partial charge in [0.25, 0.3) is 5.91 Å². The minimum atomic E-state index is -0.614. The highest BCUT2D eigenvalue weighted by Crippen LogP contribution is 2.29. The summed E-state index contributed by atoms with van der Waals surface area (Å²) in [7, 11) is 0. The van der Waals surface area contributed by atoms with Crippen LogP contribution in [-0.2, 0) is 0 Å². The zero-order chi connectivity index (χ0) is 21.4. The van der Waals surface area contributed by atoms with Crippen LogP contribution in [0.2, 0.25) is 0 Å². The van der Waals surface area contributed by atoms with E-state index in [4.69, 9.17) is 4.74 Å². The maximum absolute atomic E-state index is 14.7. The number of halogens is 1. The quantitative estimate of drug-likeness (QED) is 0.431. The fourth-order valence-corrected chi connectivity index (χ4v) is 3.54. The molecule has 0 saturated carbocycles. The summed E-state index contributed by atoms with van der Waals surface area (Å²) in [6, 6.07) is 19.3. The van der Waals surface area contributed by atoms with E-state index in [1.807, 2.05) is 49.4 Å². The van der Waals surface area contributed by atoms with Gasteiger partial charge in [-0.15, -0.1) is 0 Å². The third kappa shape index (κ3) is 3.46. The van der Waals surface area contributed by atoms with Crippen LogP contribution in [0, 0.1) is 12.7 Å². The fourth-order valence-electron chi connectivity index (χ4n) is 3.54. The average molecular weight is 412 g/mol. The van der Waals surface area contributed by atoms with Crippen LogP contribution in [0.5, 0.6) is 11.6 Å². The fraction of sp³-hybridized carbons (Fsp3) is 0.0417. The molecule has 0 unspecified atom stereocenters. The van der Waals surface area contributed by atoms with Gasteiger partial charge in [-0.1, -0.05) is 36.4 Å². The van der Waals surface area contributed by atoms with Crippen LogP contribution in [0.15, 0.2) is 79.3 Å². The van der Waals surface area contributed by atoms with Gasteiger partial charge in [0.05, 0.1) is 0 Å². The molecule has 1 N–H and O–H groups in total. The number of aromatic nitrogens is 3. The highest BCUT2D eigenvalue weighted by molar-refractivity contribution is 6.12. The van der Waals surface area contributed by atoms with Crippen LogP contribution < -0.4 is 10.1 Å². The van der Waals surface area contributed by atoms with Crippen molar-refractivity contribution in [1.29, 1.82) is 0 Å². The topological polar surface area (TPSA) is 68.5 Å². The molecular formula is C24H17FN4O2. The second-order valence-corrected chi connectivity index (χ2v) is 7.09. The number of hydrogen-bond donors (Lipinski definition) is 1. The number of carbonyl (C=O) groups is 1. The van der Waals surface area contributed by atoms with Gasteiger partial charge in [-0.25, -0.2) is 8.91 Å². The minimum Gasteiger partial charge on any atom is -0.434 e. The second-order valence-electron chi connectivity index (χ2n) is 7.09. The number of nitrogens with zero attached hydrogens (tertiary/aromatic N) is 3. The number of amides is 1. The van der Waals surface area contributed by atoms with E-state index < -0.39 is 5.82 Å². The molecule has 1 amide bonds. The normalized spacial score (nSPS) is 11.0. The number of nitrogens with one attached hydrogen (secondary N) is 1. The zero-order valence-corrected chi connectivity index (χ0v) is 16.5. The van der Waals surface area contributed by atoms with E-state index in [2.05, 4.69) is 15.4 Å². The lowest BCUT2D eigenvalue weighted by atomic mass is 10.0. The lowest BCUT2D eigenvalue weighted by molar-refractivity contribution is 0.102. The van der Waals surface area contributed by atoms with Crippen molar-refractivity contribution in [2.75, 3.05) is 5.32 Å². The largest absolute Gasteiger partial charge is 0.434 e. The van der Waals surface area contributed by atoms with E-state index in [0.717, 1.165) is 16.3 Å². The van der Waals surface area contributed by atoms with Crippen molar-refractivity contribution in [2.45, 2.75) is 6.92 Å². The summed E-state index contributed by atoms with van der Waals surface area (Å²) in [6.07, 6.45) is 3.12. The summed E-state index contributed by atoms with van der Waals surface area (Å²) >= 11 is 0. The molecule has 0 aliphatic carbocycles. The molecule has 0 atom stereocenters. The summed E-state index contributed by atoms with van der Waals surface area (Å²) in [6.45, 7) is 1.90. The monoisotopic (exact) mass is 412 g/mol. The summed E-state index contributed by atoms with van der Waals surface area (Å²) in [5.74, 6) is -0.670. The van der Waals surface area contributed by atoms with E-state index in [1.165, 1.54) is 18.5 Å². The van der Waals surface area contributed by atoms with Gasteiger partial charge in [-0.2, -0.15) is 10.1 Å². The number of carbonyl (C=O) groups excluding carboxylic acids is 1. The first-order valence-corrected chi connectivity index (χ1v) is 9.65. The Hall–Kier alpha value is -4.26. The molecule has 6 nitrogen and oxygen atoms in total. The van der Waals surface area contributed by atoms with Crippen LogP contribution >= 0.6 is 0 Å². The first-order valence-electron chi connectivity index (χ1n) is 9.65. The van der Waals surface area contributed by atoms with Crippen molar-refractivity contribution in [2.24, 2.45) is 0 Å². The second kappa shape index (κ2) is 7.53. The first kappa shape index (κ1) is 18.7. The Morgan fingerprint density at radius 3 is 2.77 bits per heavy atom. The Morgan fingerprint density at radius 2 is 1.90 bits per heavy atom. The lowest BCUT2D eigenvalue weighted by Gasteiger charge is -2.11. The van der Waals surface area contributed by atoms with E-state index in [0.29, 0.717) is 16.8 Å². The first-order chi connectivity index (χ1) is 15.1. The summed E-state index contributed by atoms with van der Waals surface area (Å²) in [5.41, 5.74) is 2.42. The standard InChI is InChI=1S/C24H17FN4O2/c1-15-11-12-29-22(15)24(26-14-27-29)31-21-10-9-17(13-20(21)25)28-23(30)19-8-4-6-16-5-2-3-7-18(16)19/h2-14H,1H3,(H,28,30). The van der Waals surface area contributed by atoms with Crippen molar-refractivity contribution >= 4 is 27.9 Å². The molecule has 7 heteroatoms. The number of rotatable bonds is 4. The predicted molar refractivity (Wildman–Crippen MR) is 116 cm³/mol. The Labute approximate surface area is 176 Å². The Bertz CT molecular complexity index is 1440. The van der Waals surface area contributed by atoms with E-state index in [-0.39, 0.29) is 17.5 Å². The highest BCUT2D eigenvalue weighted by Gasteiger charge is 2.14. The maximum Gasteiger partial charge on any atom is 0.256 e. The Balaban J connectivity index is 1.40. The number of fused-ring (bicyclic) bond motifs is 2. The summed E-state index contributed by atoms with van der Waals surface area (Å²) in [5, 5.41) is 8.65. The molecule has 0 spiro atoms. The third-order valence-electron chi connectivity index (χ3n) is 5.05. The van der Waals surface area contributed by atoms with Crippen LogP contribution in [0.1, 0.15) is 15.9 Å². The van der Waals surface area contributed by atoms with Crippen LogP contribution in [0.4, 0.5) is 10.1 Å². The van der Waals surface area contributed by atoms with Crippen molar-refractivity contribution < 1.29 is 13.9 Å². The number of ether oxygens (including phenoxy) is 1. The molecular weight excluding hydrogens is 395 g/mol.